The lowest BCUT2D eigenvalue weighted by molar-refractivity contribution is -0.491. The zero-order valence-corrected chi connectivity index (χ0v) is 7.28. The minimum atomic E-state index is -1.80. The number of aliphatic hydroxyl groups is 1. The Morgan fingerprint density at radius 2 is 1.80 bits per heavy atom. The van der Waals surface area contributed by atoms with Gasteiger partial charge in [0.25, 0.3) is 0 Å². The van der Waals surface area contributed by atoms with Gasteiger partial charge < -0.3 is 5.11 Å². The van der Waals surface area contributed by atoms with Gasteiger partial charge in [-0.1, -0.05) is 0 Å². The summed E-state index contributed by atoms with van der Waals surface area (Å²) in [6.45, 7) is -0.970. The summed E-state index contributed by atoms with van der Waals surface area (Å²) in [6.07, 6.45) is -1.80. The van der Waals surface area contributed by atoms with Crippen LogP contribution in [0.1, 0.15) is 11.7 Å². The summed E-state index contributed by atoms with van der Waals surface area (Å²) in [5, 5.41) is 19.1. The quantitative estimate of drug-likeness (QED) is 0.477. The maximum Gasteiger partial charge on any atom is 0.233 e. The van der Waals surface area contributed by atoms with Crippen LogP contribution in [-0.4, -0.2) is 16.6 Å². The number of halogens is 3. The molecule has 1 rings (SSSR count). The number of rotatable bonds is 3. The van der Waals surface area contributed by atoms with Crippen molar-refractivity contribution in [2.24, 2.45) is 0 Å². The molecular weight excluding hydrogens is 215 g/mol. The number of hydrogen-bond donors (Lipinski definition) is 1. The van der Waals surface area contributed by atoms with Crippen molar-refractivity contribution in [2.45, 2.75) is 6.10 Å². The summed E-state index contributed by atoms with van der Waals surface area (Å²) in [6, 6.07) is 0.632. The van der Waals surface area contributed by atoms with Gasteiger partial charge in [-0.15, -0.1) is 0 Å². The van der Waals surface area contributed by atoms with Crippen LogP contribution in [0.5, 0.6) is 0 Å². The molecule has 0 aliphatic carbocycles. The van der Waals surface area contributed by atoms with Crippen LogP contribution < -0.4 is 0 Å². The highest BCUT2D eigenvalue weighted by molar-refractivity contribution is 5.22. The van der Waals surface area contributed by atoms with E-state index >= 15 is 0 Å². The van der Waals surface area contributed by atoms with Gasteiger partial charge in [0.15, 0.2) is 11.6 Å². The molecule has 0 radical (unpaired) electrons. The van der Waals surface area contributed by atoms with Gasteiger partial charge in [0, 0.05) is 16.6 Å². The molecule has 1 unspecified atom stereocenters. The van der Waals surface area contributed by atoms with Crippen molar-refractivity contribution < 1.29 is 23.2 Å². The summed E-state index contributed by atoms with van der Waals surface area (Å²) in [5.74, 6) is -4.00. The predicted molar refractivity (Wildman–Crippen MR) is 43.1 cm³/mol. The van der Waals surface area contributed by atoms with E-state index in [0.29, 0.717) is 6.07 Å². The molecule has 0 bridgehead atoms. The summed E-state index contributed by atoms with van der Waals surface area (Å²) in [5.41, 5.74) is -0.634. The first kappa shape index (κ1) is 11.4. The number of benzene rings is 1. The summed E-state index contributed by atoms with van der Waals surface area (Å²) < 4.78 is 38.0. The monoisotopic (exact) mass is 221 g/mol. The third-order valence-electron chi connectivity index (χ3n) is 1.72. The Hall–Kier alpha value is -1.63. The molecule has 0 aromatic heterocycles. The lowest BCUT2D eigenvalue weighted by Crippen LogP contribution is -2.13. The molecule has 0 spiro atoms. The van der Waals surface area contributed by atoms with Crippen LogP contribution in [0.25, 0.3) is 0 Å². The van der Waals surface area contributed by atoms with E-state index in [1.165, 1.54) is 0 Å². The first-order valence-corrected chi connectivity index (χ1v) is 3.86. The number of aliphatic hydroxyl groups excluding tert-OH is 1. The molecule has 0 saturated heterocycles. The second-order valence-corrected chi connectivity index (χ2v) is 2.82. The Morgan fingerprint density at radius 1 is 1.27 bits per heavy atom. The molecule has 15 heavy (non-hydrogen) atoms. The van der Waals surface area contributed by atoms with Gasteiger partial charge in [0.1, 0.15) is 11.9 Å². The lowest BCUT2D eigenvalue weighted by Gasteiger charge is -2.07. The Balaban J connectivity index is 3.03. The zero-order chi connectivity index (χ0) is 11.6. The van der Waals surface area contributed by atoms with Crippen LogP contribution >= 0.6 is 0 Å². The third kappa shape index (κ3) is 2.66. The molecule has 0 heterocycles. The SMILES string of the molecule is O=[N+]([O-])CC(O)c1cc(F)c(F)cc1F. The van der Waals surface area contributed by atoms with Crippen LogP contribution in [0.3, 0.4) is 0 Å². The van der Waals surface area contributed by atoms with Crippen LogP contribution in [0.2, 0.25) is 0 Å². The maximum atomic E-state index is 12.9. The van der Waals surface area contributed by atoms with Crippen molar-refractivity contribution in [3.05, 3.63) is 45.3 Å². The van der Waals surface area contributed by atoms with Crippen molar-refractivity contribution in [1.29, 1.82) is 0 Å². The van der Waals surface area contributed by atoms with E-state index in [0.717, 1.165) is 0 Å². The Bertz CT molecular complexity index is 397. The van der Waals surface area contributed by atoms with Crippen LogP contribution in [0, 0.1) is 27.6 Å². The lowest BCUT2D eigenvalue weighted by atomic mass is 10.1. The Kier molecular flexibility index (Phi) is 3.25. The average molecular weight is 221 g/mol. The van der Waals surface area contributed by atoms with Gasteiger partial charge in [-0.3, -0.25) is 10.1 Å². The highest BCUT2D eigenvalue weighted by Crippen LogP contribution is 2.20. The standard InChI is InChI=1S/C8H6F3NO3/c9-5-2-7(11)6(10)1-4(5)8(13)3-12(14)15/h1-2,8,13H,3H2. The van der Waals surface area contributed by atoms with Gasteiger partial charge in [-0.2, -0.15) is 0 Å². The molecule has 1 N–H and O–H groups in total. The highest BCUT2D eigenvalue weighted by atomic mass is 19.2. The summed E-state index contributed by atoms with van der Waals surface area (Å²) >= 11 is 0. The van der Waals surface area contributed by atoms with Crippen LogP contribution in [-0.2, 0) is 0 Å². The first-order valence-electron chi connectivity index (χ1n) is 3.86. The number of nitro groups is 1. The molecule has 1 atom stereocenters. The van der Waals surface area contributed by atoms with Crippen LogP contribution in [0.15, 0.2) is 12.1 Å². The fourth-order valence-corrected chi connectivity index (χ4v) is 1.03. The average Bonchev–Trinajstić information content (AvgIpc) is 2.09. The number of hydrogen-bond acceptors (Lipinski definition) is 3. The second kappa shape index (κ2) is 4.26. The topological polar surface area (TPSA) is 63.4 Å². The molecule has 1 aromatic rings. The maximum absolute atomic E-state index is 12.9. The smallest absolute Gasteiger partial charge is 0.233 e. The first-order chi connectivity index (χ1) is 6.91. The molecule has 0 aliphatic rings. The van der Waals surface area contributed by atoms with E-state index in [9.17, 15) is 23.3 Å². The van der Waals surface area contributed by atoms with E-state index in [-0.39, 0.29) is 6.07 Å². The van der Waals surface area contributed by atoms with Crippen molar-refractivity contribution in [2.75, 3.05) is 6.54 Å². The zero-order valence-electron chi connectivity index (χ0n) is 7.28. The normalized spacial score (nSPS) is 12.5. The molecular formula is C8H6F3NO3. The molecule has 82 valence electrons. The van der Waals surface area contributed by atoms with E-state index in [1.807, 2.05) is 0 Å². The van der Waals surface area contributed by atoms with Crippen molar-refractivity contribution in [3.8, 4) is 0 Å². The fraction of sp³-hybridized carbons (Fsp3) is 0.250. The Morgan fingerprint density at radius 3 is 2.33 bits per heavy atom. The third-order valence-corrected chi connectivity index (χ3v) is 1.72. The van der Waals surface area contributed by atoms with Crippen molar-refractivity contribution >= 4 is 0 Å². The molecule has 0 amide bonds. The minimum Gasteiger partial charge on any atom is -0.381 e. The summed E-state index contributed by atoms with van der Waals surface area (Å²) in [4.78, 5) is 9.12. The van der Waals surface area contributed by atoms with E-state index < -0.39 is 40.6 Å². The molecule has 1 aromatic carbocycles. The molecule has 0 aliphatic heterocycles. The van der Waals surface area contributed by atoms with Crippen molar-refractivity contribution in [3.63, 3.8) is 0 Å². The van der Waals surface area contributed by atoms with Gasteiger partial charge in [-0.25, -0.2) is 13.2 Å². The second-order valence-electron chi connectivity index (χ2n) is 2.82. The van der Waals surface area contributed by atoms with Gasteiger partial charge >= 0.3 is 0 Å². The molecule has 7 heteroatoms. The van der Waals surface area contributed by atoms with E-state index in [2.05, 4.69) is 0 Å². The molecule has 0 saturated carbocycles. The van der Waals surface area contributed by atoms with Gasteiger partial charge in [0.2, 0.25) is 6.54 Å². The number of nitrogens with zero attached hydrogens (tertiary/aromatic N) is 1. The highest BCUT2D eigenvalue weighted by Gasteiger charge is 2.20. The fourth-order valence-electron chi connectivity index (χ4n) is 1.03. The predicted octanol–water partition coefficient (Wildman–Crippen LogP) is 1.41. The van der Waals surface area contributed by atoms with Gasteiger partial charge in [-0.05, 0) is 6.07 Å². The molecule has 0 fully saturated rings. The van der Waals surface area contributed by atoms with E-state index in [4.69, 9.17) is 5.11 Å². The molecule has 4 nitrogen and oxygen atoms in total. The minimum absolute atomic E-state index is 0.230. The van der Waals surface area contributed by atoms with E-state index in [1.54, 1.807) is 0 Å². The van der Waals surface area contributed by atoms with Crippen LogP contribution in [0.4, 0.5) is 13.2 Å². The largest absolute Gasteiger partial charge is 0.381 e. The summed E-state index contributed by atoms with van der Waals surface area (Å²) in [7, 11) is 0. The Labute approximate surface area is 82.1 Å². The van der Waals surface area contributed by atoms with Crippen molar-refractivity contribution in [1.82, 2.24) is 0 Å². The van der Waals surface area contributed by atoms with Gasteiger partial charge in [0.05, 0.1) is 0 Å².